The molecule has 0 aromatic heterocycles. The van der Waals surface area contributed by atoms with E-state index < -0.39 is 0 Å². The van der Waals surface area contributed by atoms with Crippen molar-refractivity contribution in [2.45, 2.75) is 24.3 Å². The molecule has 1 fully saturated rings. The number of halogens is 1. The van der Waals surface area contributed by atoms with Gasteiger partial charge >= 0.3 is 0 Å². The largest absolute Gasteiger partial charge is 0.339 e. The second kappa shape index (κ2) is 9.89. The number of rotatable bonds is 5. The van der Waals surface area contributed by atoms with Gasteiger partial charge in [-0.05, 0) is 73.1 Å². The van der Waals surface area contributed by atoms with Crippen LogP contribution in [0, 0.1) is 11.7 Å². The highest BCUT2D eigenvalue weighted by atomic mass is 32.2. The quantitative estimate of drug-likeness (QED) is 0.733. The first-order valence-electron chi connectivity index (χ1n) is 9.67. The maximum atomic E-state index is 13.4. The first kappa shape index (κ1) is 21.3. The van der Waals surface area contributed by atoms with Crippen molar-refractivity contribution in [1.82, 2.24) is 9.80 Å². The van der Waals surface area contributed by atoms with Crippen molar-refractivity contribution in [3.05, 3.63) is 59.9 Å². The molecule has 154 valence electrons. The minimum absolute atomic E-state index is 0.00119. The SMILES string of the molecule is CN(C)C(=O)Sc1ccc(NC(=O)C2CCCN(Cc3cccc(F)c3)C2)cc1. The second-order valence-electron chi connectivity index (χ2n) is 7.48. The molecule has 1 saturated heterocycles. The van der Waals surface area contributed by atoms with E-state index in [1.165, 1.54) is 11.0 Å². The van der Waals surface area contributed by atoms with Gasteiger partial charge in [0.15, 0.2) is 0 Å². The lowest BCUT2D eigenvalue weighted by atomic mass is 9.96. The predicted octanol–water partition coefficient (Wildman–Crippen LogP) is 4.45. The minimum Gasteiger partial charge on any atom is -0.339 e. The van der Waals surface area contributed by atoms with E-state index in [1.54, 1.807) is 26.2 Å². The second-order valence-corrected chi connectivity index (χ2v) is 8.50. The van der Waals surface area contributed by atoms with Gasteiger partial charge in [-0.2, -0.15) is 0 Å². The summed E-state index contributed by atoms with van der Waals surface area (Å²) in [6, 6.07) is 13.9. The molecule has 2 aromatic carbocycles. The number of piperidine rings is 1. The molecule has 0 bridgehead atoms. The lowest BCUT2D eigenvalue weighted by molar-refractivity contribution is -0.121. The zero-order valence-corrected chi connectivity index (χ0v) is 17.5. The van der Waals surface area contributed by atoms with E-state index >= 15 is 0 Å². The zero-order valence-electron chi connectivity index (χ0n) is 16.7. The summed E-state index contributed by atoms with van der Waals surface area (Å²) in [4.78, 5) is 29.0. The molecule has 0 spiro atoms. The number of thioether (sulfide) groups is 1. The minimum atomic E-state index is -0.234. The highest BCUT2D eigenvalue weighted by Crippen LogP contribution is 2.24. The summed E-state index contributed by atoms with van der Waals surface area (Å²) in [5.41, 5.74) is 1.64. The van der Waals surface area contributed by atoms with Crippen LogP contribution in [0.25, 0.3) is 0 Å². The number of carbonyl (C=O) groups is 2. The van der Waals surface area contributed by atoms with Gasteiger partial charge < -0.3 is 10.2 Å². The molecule has 1 aliphatic heterocycles. The van der Waals surface area contributed by atoms with E-state index in [2.05, 4.69) is 10.2 Å². The lowest BCUT2D eigenvalue weighted by Gasteiger charge is -2.32. The molecule has 0 saturated carbocycles. The maximum absolute atomic E-state index is 13.4. The maximum Gasteiger partial charge on any atom is 0.285 e. The number of amides is 2. The Labute approximate surface area is 175 Å². The van der Waals surface area contributed by atoms with Crippen LogP contribution in [0.15, 0.2) is 53.4 Å². The third-order valence-electron chi connectivity index (χ3n) is 4.86. The fourth-order valence-electron chi connectivity index (χ4n) is 3.35. The molecule has 0 aliphatic carbocycles. The van der Waals surface area contributed by atoms with Crippen molar-refractivity contribution in [3.63, 3.8) is 0 Å². The van der Waals surface area contributed by atoms with Crippen molar-refractivity contribution in [2.75, 3.05) is 32.5 Å². The Kier molecular flexibility index (Phi) is 7.28. The molecular weight excluding hydrogens is 389 g/mol. The highest BCUT2D eigenvalue weighted by Gasteiger charge is 2.26. The van der Waals surface area contributed by atoms with Crippen LogP contribution in [0.5, 0.6) is 0 Å². The van der Waals surface area contributed by atoms with E-state index in [0.29, 0.717) is 13.1 Å². The van der Waals surface area contributed by atoms with Gasteiger partial charge in [-0.15, -0.1) is 0 Å². The van der Waals surface area contributed by atoms with Crippen molar-refractivity contribution < 1.29 is 14.0 Å². The van der Waals surface area contributed by atoms with Gasteiger partial charge in [-0.25, -0.2) is 4.39 Å². The van der Waals surface area contributed by atoms with Crippen LogP contribution in [0.4, 0.5) is 14.9 Å². The summed E-state index contributed by atoms with van der Waals surface area (Å²) in [5, 5.41) is 2.94. The molecule has 1 unspecified atom stereocenters. The lowest BCUT2D eigenvalue weighted by Crippen LogP contribution is -2.40. The molecule has 29 heavy (non-hydrogen) atoms. The molecule has 5 nitrogen and oxygen atoms in total. The monoisotopic (exact) mass is 415 g/mol. The smallest absolute Gasteiger partial charge is 0.285 e. The summed E-state index contributed by atoms with van der Waals surface area (Å²) >= 11 is 1.15. The molecule has 3 rings (SSSR count). The molecule has 1 atom stereocenters. The fraction of sp³-hybridized carbons (Fsp3) is 0.364. The summed E-state index contributed by atoms with van der Waals surface area (Å²) in [7, 11) is 3.43. The van der Waals surface area contributed by atoms with E-state index in [1.807, 2.05) is 30.3 Å². The van der Waals surface area contributed by atoms with Crippen LogP contribution in [0.1, 0.15) is 18.4 Å². The Bertz CT molecular complexity index is 857. The molecule has 1 aliphatic rings. The molecule has 0 radical (unpaired) electrons. The Morgan fingerprint density at radius 1 is 1.21 bits per heavy atom. The van der Waals surface area contributed by atoms with Crippen molar-refractivity contribution in [1.29, 1.82) is 0 Å². The zero-order chi connectivity index (χ0) is 20.8. The third-order valence-corrected chi connectivity index (χ3v) is 5.91. The van der Waals surface area contributed by atoms with E-state index in [4.69, 9.17) is 0 Å². The summed E-state index contributed by atoms with van der Waals surface area (Å²) in [5.74, 6) is -0.330. The van der Waals surface area contributed by atoms with Gasteiger partial charge in [-0.3, -0.25) is 14.5 Å². The summed E-state index contributed by atoms with van der Waals surface area (Å²) in [6.07, 6.45) is 1.78. The normalized spacial score (nSPS) is 17.0. The Balaban J connectivity index is 1.54. The molecule has 1 N–H and O–H groups in total. The van der Waals surface area contributed by atoms with E-state index in [9.17, 15) is 14.0 Å². The number of hydrogen-bond acceptors (Lipinski definition) is 4. The van der Waals surface area contributed by atoms with Crippen LogP contribution in [-0.2, 0) is 11.3 Å². The van der Waals surface area contributed by atoms with Gasteiger partial charge in [0.05, 0.1) is 5.92 Å². The predicted molar refractivity (Wildman–Crippen MR) is 114 cm³/mol. The van der Waals surface area contributed by atoms with Crippen molar-refractivity contribution in [3.8, 4) is 0 Å². The van der Waals surface area contributed by atoms with Crippen molar-refractivity contribution >= 4 is 28.6 Å². The average Bonchev–Trinajstić information content (AvgIpc) is 2.69. The fourth-order valence-corrected chi connectivity index (χ4v) is 4.01. The Morgan fingerprint density at radius 2 is 1.97 bits per heavy atom. The molecule has 7 heteroatoms. The highest BCUT2D eigenvalue weighted by molar-refractivity contribution is 8.13. The average molecular weight is 416 g/mol. The number of likely N-dealkylation sites (tertiary alicyclic amines) is 1. The van der Waals surface area contributed by atoms with Crippen LogP contribution in [-0.4, -0.2) is 48.1 Å². The number of anilines is 1. The van der Waals surface area contributed by atoms with Crippen LogP contribution < -0.4 is 5.32 Å². The molecular formula is C22H26FN3O2S. The summed E-state index contributed by atoms with van der Waals surface area (Å²) in [6.45, 7) is 2.22. The van der Waals surface area contributed by atoms with Crippen molar-refractivity contribution in [2.24, 2.45) is 5.92 Å². The summed E-state index contributed by atoms with van der Waals surface area (Å²) < 4.78 is 13.4. The Morgan fingerprint density at radius 3 is 2.66 bits per heavy atom. The number of carbonyl (C=O) groups excluding carboxylic acids is 2. The number of hydrogen-bond donors (Lipinski definition) is 1. The number of nitrogens with zero attached hydrogens (tertiary/aromatic N) is 2. The third kappa shape index (κ3) is 6.30. The first-order chi connectivity index (χ1) is 13.9. The van der Waals surface area contributed by atoms with E-state index in [0.717, 1.165) is 47.3 Å². The van der Waals surface area contributed by atoms with Crippen LogP contribution in [0.2, 0.25) is 0 Å². The van der Waals surface area contributed by atoms with Gasteiger partial charge in [0.25, 0.3) is 5.24 Å². The van der Waals surface area contributed by atoms with E-state index in [-0.39, 0.29) is 22.9 Å². The van der Waals surface area contributed by atoms with Crippen LogP contribution >= 0.6 is 11.8 Å². The van der Waals surface area contributed by atoms with Gasteiger partial charge in [0, 0.05) is 37.8 Å². The van der Waals surface area contributed by atoms with Gasteiger partial charge in [-0.1, -0.05) is 12.1 Å². The van der Waals surface area contributed by atoms with Gasteiger partial charge in [0.1, 0.15) is 5.82 Å². The molecule has 2 aromatic rings. The number of benzene rings is 2. The molecule has 1 heterocycles. The Hall–Kier alpha value is -2.38. The topological polar surface area (TPSA) is 52.7 Å². The molecule has 2 amide bonds. The standard InChI is InChI=1S/C22H26FN3O2S/c1-25(2)22(28)29-20-10-8-19(9-11-20)24-21(27)17-6-4-12-26(15-17)14-16-5-3-7-18(23)13-16/h3,5,7-11,13,17H,4,6,12,14-15H2,1-2H3,(H,24,27). The number of nitrogens with one attached hydrogen (secondary N) is 1. The first-order valence-corrected chi connectivity index (χ1v) is 10.5. The van der Waals surface area contributed by atoms with Gasteiger partial charge in [0.2, 0.25) is 5.91 Å². The van der Waals surface area contributed by atoms with Crippen LogP contribution in [0.3, 0.4) is 0 Å².